The van der Waals surface area contributed by atoms with Crippen molar-refractivity contribution in [3.05, 3.63) is 12.2 Å². The van der Waals surface area contributed by atoms with Crippen LogP contribution in [0.2, 0.25) is 0 Å². The third-order valence-electron chi connectivity index (χ3n) is 1.18. The van der Waals surface area contributed by atoms with Crippen molar-refractivity contribution < 1.29 is 4.74 Å². The van der Waals surface area contributed by atoms with Crippen molar-refractivity contribution in [2.24, 2.45) is 0 Å². The van der Waals surface area contributed by atoms with E-state index in [2.05, 4.69) is 11.4 Å². The van der Waals surface area contributed by atoms with Crippen LogP contribution < -0.4 is 5.32 Å². The van der Waals surface area contributed by atoms with E-state index in [1.165, 1.54) is 0 Å². The number of nitrogens with one attached hydrogen (secondary N) is 1. The molecule has 0 aromatic carbocycles. The highest BCUT2D eigenvalue weighted by atomic mass is 16.5. The molecule has 0 amide bonds. The molecule has 1 heterocycles. The van der Waals surface area contributed by atoms with Crippen LogP contribution in [0, 0.1) is 0 Å². The Balaban J connectivity index is 2.32. The van der Waals surface area contributed by atoms with Gasteiger partial charge >= 0.3 is 0 Å². The van der Waals surface area contributed by atoms with Gasteiger partial charge in [0, 0.05) is 0 Å². The van der Waals surface area contributed by atoms with E-state index in [0.29, 0.717) is 0 Å². The standard InChI is InChI=1S/C6H11NO/c1-7-6-4-2-3-5-8-6/h2,4,6-7H,3,5H2,1H3. The van der Waals surface area contributed by atoms with Crippen LogP contribution in [0.15, 0.2) is 12.2 Å². The molecule has 2 heteroatoms. The highest BCUT2D eigenvalue weighted by Gasteiger charge is 2.02. The number of rotatable bonds is 1. The van der Waals surface area contributed by atoms with Crippen molar-refractivity contribution in [1.82, 2.24) is 5.32 Å². The quantitative estimate of drug-likeness (QED) is 0.500. The second-order valence-corrected chi connectivity index (χ2v) is 1.80. The molecule has 0 fully saturated rings. The van der Waals surface area contributed by atoms with Gasteiger partial charge in [0.05, 0.1) is 6.61 Å². The maximum absolute atomic E-state index is 5.23. The van der Waals surface area contributed by atoms with Crippen LogP contribution in [-0.2, 0) is 4.74 Å². The summed E-state index contributed by atoms with van der Waals surface area (Å²) < 4.78 is 5.23. The van der Waals surface area contributed by atoms with Crippen molar-refractivity contribution in [2.75, 3.05) is 13.7 Å². The smallest absolute Gasteiger partial charge is 0.127 e. The van der Waals surface area contributed by atoms with E-state index < -0.39 is 0 Å². The number of hydrogen-bond acceptors (Lipinski definition) is 2. The first-order valence-corrected chi connectivity index (χ1v) is 2.89. The molecule has 1 aliphatic rings. The molecule has 0 aliphatic carbocycles. The zero-order valence-electron chi connectivity index (χ0n) is 5.05. The molecule has 1 rings (SSSR count). The Morgan fingerprint density at radius 3 is 3.00 bits per heavy atom. The van der Waals surface area contributed by atoms with Crippen LogP contribution in [0.25, 0.3) is 0 Å². The molecule has 1 unspecified atom stereocenters. The second kappa shape index (κ2) is 2.84. The molecule has 0 aromatic heterocycles. The topological polar surface area (TPSA) is 21.3 Å². The minimum Gasteiger partial charge on any atom is -0.359 e. The molecule has 1 aliphatic heterocycles. The Morgan fingerprint density at radius 2 is 2.62 bits per heavy atom. The zero-order valence-corrected chi connectivity index (χ0v) is 5.05. The Labute approximate surface area is 49.5 Å². The van der Waals surface area contributed by atoms with Gasteiger partial charge in [-0.1, -0.05) is 6.08 Å². The van der Waals surface area contributed by atoms with Gasteiger partial charge in [0.1, 0.15) is 6.23 Å². The van der Waals surface area contributed by atoms with Gasteiger partial charge in [-0.2, -0.15) is 0 Å². The van der Waals surface area contributed by atoms with Crippen LogP contribution >= 0.6 is 0 Å². The van der Waals surface area contributed by atoms with Gasteiger partial charge in [0.15, 0.2) is 0 Å². The summed E-state index contributed by atoms with van der Waals surface area (Å²) in [4.78, 5) is 0. The number of hydrogen-bond donors (Lipinski definition) is 1. The fraction of sp³-hybridized carbons (Fsp3) is 0.667. The third-order valence-corrected chi connectivity index (χ3v) is 1.18. The molecule has 46 valence electrons. The van der Waals surface area contributed by atoms with Crippen LogP contribution in [0.5, 0.6) is 0 Å². The fourth-order valence-electron chi connectivity index (χ4n) is 0.718. The van der Waals surface area contributed by atoms with Gasteiger partial charge in [-0.3, -0.25) is 5.32 Å². The Kier molecular flexibility index (Phi) is 2.06. The minimum atomic E-state index is 0.156. The lowest BCUT2D eigenvalue weighted by molar-refractivity contribution is 0.0627. The van der Waals surface area contributed by atoms with E-state index in [-0.39, 0.29) is 6.23 Å². The molecule has 8 heavy (non-hydrogen) atoms. The Bertz CT molecular complexity index is 90.5. The van der Waals surface area contributed by atoms with E-state index in [1.807, 2.05) is 13.1 Å². The lowest BCUT2D eigenvalue weighted by Gasteiger charge is -2.15. The molecular weight excluding hydrogens is 102 g/mol. The minimum absolute atomic E-state index is 0.156. The lowest BCUT2D eigenvalue weighted by atomic mass is 10.3. The first-order valence-electron chi connectivity index (χ1n) is 2.89. The highest BCUT2D eigenvalue weighted by molar-refractivity contribution is 4.90. The van der Waals surface area contributed by atoms with Crippen molar-refractivity contribution in [1.29, 1.82) is 0 Å². The average Bonchev–Trinajstić information content (AvgIpc) is 1.90. The van der Waals surface area contributed by atoms with Crippen molar-refractivity contribution in [3.8, 4) is 0 Å². The summed E-state index contributed by atoms with van der Waals surface area (Å²) in [6, 6.07) is 0. The van der Waals surface area contributed by atoms with Crippen molar-refractivity contribution in [3.63, 3.8) is 0 Å². The highest BCUT2D eigenvalue weighted by Crippen LogP contribution is 1.99. The predicted octanol–water partition coefficient (Wildman–Crippen LogP) is 0.508. The van der Waals surface area contributed by atoms with E-state index in [0.717, 1.165) is 13.0 Å². The fourth-order valence-corrected chi connectivity index (χ4v) is 0.718. The largest absolute Gasteiger partial charge is 0.359 e. The summed E-state index contributed by atoms with van der Waals surface area (Å²) >= 11 is 0. The SMILES string of the molecule is CNC1C=CCCO1. The Hall–Kier alpha value is -0.340. The van der Waals surface area contributed by atoms with Crippen LogP contribution in [0.1, 0.15) is 6.42 Å². The summed E-state index contributed by atoms with van der Waals surface area (Å²) in [5.74, 6) is 0. The first kappa shape index (κ1) is 5.79. The van der Waals surface area contributed by atoms with Crippen LogP contribution in [-0.4, -0.2) is 19.9 Å². The lowest BCUT2D eigenvalue weighted by Crippen LogP contribution is -2.28. The molecule has 0 spiro atoms. The molecular formula is C6H11NO. The molecule has 0 saturated carbocycles. The van der Waals surface area contributed by atoms with Crippen LogP contribution in [0.4, 0.5) is 0 Å². The maximum Gasteiger partial charge on any atom is 0.127 e. The second-order valence-electron chi connectivity index (χ2n) is 1.80. The third kappa shape index (κ3) is 1.32. The van der Waals surface area contributed by atoms with E-state index >= 15 is 0 Å². The van der Waals surface area contributed by atoms with Gasteiger partial charge < -0.3 is 4.74 Å². The summed E-state index contributed by atoms with van der Waals surface area (Å²) in [5, 5.41) is 2.99. The molecule has 0 radical (unpaired) electrons. The predicted molar refractivity (Wildman–Crippen MR) is 32.6 cm³/mol. The molecule has 1 atom stereocenters. The van der Waals surface area contributed by atoms with E-state index in [4.69, 9.17) is 4.74 Å². The summed E-state index contributed by atoms with van der Waals surface area (Å²) in [5.41, 5.74) is 0. The van der Waals surface area contributed by atoms with Crippen molar-refractivity contribution >= 4 is 0 Å². The zero-order chi connectivity index (χ0) is 5.82. The average molecular weight is 113 g/mol. The van der Waals surface area contributed by atoms with Gasteiger partial charge in [0.25, 0.3) is 0 Å². The van der Waals surface area contributed by atoms with Gasteiger partial charge in [-0.25, -0.2) is 0 Å². The van der Waals surface area contributed by atoms with Gasteiger partial charge in [0.2, 0.25) is 0 Å². The van der Waals surface area contributed by atoms with Crippen molar-refractivity contribution in [2.45, 2.75) is 12.6 Å². The number of ether oxygens (including phenoxy) is 1. The summed E-state index contributed by atoms with van der Waals surface area (Å²) in [6.45, 7) is 0.849. The molecule has 0 saturated heterocycles. The van der Waals surface area contributed by atoms with E-state index in [1.54, 1.807) is 0 Å². The van der Waals surface area contributed by atoms with Gasteiger partial charge in [-0.05, 0) is 19.5 Å². The number of likely N-dealkylation sites (N-methyl/N-ethyl adjacent to an activating group) is 1. The summed E-state index contributed by atoms with van der Waals surface area (Å²) in [7, 11) is 1.89. The Morgan fingerprint density at radius 1 is 1.75 bits per heavy atom. The van der Waals surface area contributed by atoms with Crippen LogP contribution in [0.3, 0.4) is 0 Å². The molecule has 0 bridgehead atoms. The first-order chi connectivity index (χ1) is 3.93. The maximum atomic E-state index is 5.23. The monoisotopic (exact) mass is 113 g/mol. The molecule has 1 N–H and O–H groups in total. The van der Waals surface area contributed by atoms with E-state index in [9.17, 15) is 0 Å². The summed E-state index contributed by atoms with van der Waals surface area (Å²) in [6.07, 6.45) is 5.37. The molecule has 0 aromatic rings. The van der Waals surface area contributed by atoms with Gasteiger partial charge in [-0.15, -0.1) is 0 Å². The molecule has 2 nitrogen and oxygen atoms in total. The normalized spacial score (nSPS) is 28.4.